The van der Waals surface area contributed by atoms with Gasteiger partial charge in [0.1, 0.15) is 5.38 Å². The van der Waals surface area contributed by atoms with Crippen molar-refractivity contribution in [3.63, 3.8) is 0 Å². The van der Waals surface area contributed by atoms with E-state index in [9.17, 15) is 22.8 Å². The van der Waals surface area contributed by atoms with Crippen LogP contribution in [0.25, 0.3) is 0 Å². The maximum atomic E-state index is 12.7. The average molecular weight is 507 g/mol. The van der Waals surface area contributed by atoms with Gasteiger partial charge in [-0.2, -0.15) is 13.2 Å². The summed E-state index contributed by atoms with van der Waals surface area (Å²) in [7, 11) is 0. The smallest absolute Gasteiger partial charge is 0.372 e. The van der Waals surface area contributed by atoms with Gasteiger partial charge in [0.05, 0.1) is 36.9 Å². The molecule has 0 aromatic carbocycles. The van der Waals surface area contributed by atoms with Crippen LogP contribution < -0.4 is 15.8 Å². The quantitative estimate of drug-likeness (QED) is 0.543. The topological polar surface area (TPSA) is 109 Å². The Morgan fingerprint density at radius 3 is 2.53 bits per heavy atom. The van der Waals surface area contributed by atoms with E-state index in [-0.39, 0.29) is 36.4 Å². The van der Waals surface area contributed by atoms with E-state index in [1.807, 2.05) is 0 Å². The normalized spacial score (nSPS) is 28.2. The molecule has 14 heteroatoms. The summed E-state index contributed by atoms with van der Waals surface area (Å²) in [6.07, 6.45) is -2.05. The first-order valence-corrected chi connectivity index (χ1v) is 11.5. The second-order valence-corrected chi connectivity index (χ2v) is 8.91. The van der Waals surface area contributed by atoms with Crippen LogP contribution in [-0.2, 0) is 25.2 Å². The third-order valence-corrected chi connectivity index (χ3v) is 6.55. The Balaban J connectivity index is 1.18. The Morgan fingerprint density at radius 2 is 1.85 bits per heavy atom. The minimum Gasteiger partial charge on any atom is -0.372 e. The van der Waals surface area contributed by atoms with Crippen molar-refractivity contribution in [2.45, 2.75) is 49.1 Å². The molecule has 34 heavy (non-hydrogen) atoms. The molecule has 188 valence electrons. The number of nitrogens with zero attached hydrogens (tertiary/aromatic N) is 4. The van der Waals surface area contributed by atoms with Gasteiger partial charge in [-0.3, -0.25) is 15.0 Å². The SMILES string of the molecule is O=C1NNCC(OC[C@H]2CC[C@@H](CC(=O)N3CCN(c4ncc(C(F)(F)F)cn4)CC3)O2)C1Cl. The lowest BCUT2D eigenvalue weighted by Gasteiger charge is -2.35. The van der Waals surface area contributed by atoms with Crippen LogP contribution in [0, 0.1) is 0 Å². The summed E-state index contributed by atoms with van der Waals surface area (Å²) in [5, 5.41) is -0.772. The van der Waals surface area contributed by atoms with Crippen molar-refractivity contribution in [1.82, 2.24) is 25.7 Å². The molecule has 0 bridgehead atoms. The number of amides is 2. The van der Waals surface area contributed by atoms with E-state index in [0.29, 0.717) is 39.3 Å². The van der Waals surface area contributed by atoms with Crippen LogP contribution >= 0.6 is 11.6 Å². The van der Waals surface area contributed by atoms with Crippen molar-refractivity contribution in [3.05, 3.63) is 18.0 Å². The van der Waals surface area contributed by atoms with Crippen LogP contribution in [-0.4, -0.2) is 89.7 Å². The molecule has 1 aromatic rings. The van der Waals surface area contributed by atoms with Crippen molar-refractivity contribution in [2.75, 3.05) is 44.2 Å². The molecule has 4 atom stereocenters. The summed E-state index contributed by atoms with van der Waals surface area (Å²) in [4.78, 5) is 35.4. The Hall–Kier alpha value is -2.22. The number of aromatic nitrogens is 2. The van der Waals surface area contributed by atoms with E-state index in [0.717, 1.165) is 25.2 Å². The maximum absolute atomic E-state index is 12.7. The summed E-state index contributed by atoms with van der Waals surface area (Å²) < 4.78 is 49.7. The fourth-order valence-electron chi connectivity index (χ4n) is 4.12. The van der Waals surface area contributed by atoms with E-state index in [4.69, 9.17) is 21.1 Å². The fraction of sp³-hybridized carbons (Fsp3) is 0.700. The third kappa shape index (κ3) is 6.06. The van der Waals surface area contributed by atoms with Gasteiger partial charge in [0.25, 0.3) is 5.91 Å². The summed E-state index contributed by atoms with van der Waals surface area (Å²) in [6.45, 7) is 2.41. The van der Waals surface area contributed by atoms with Crippen LogP contribution in [0.3, 0.4) is 0 Å². The molecule has 4 rings (SSSR count). The molecule has 3 aliphatic rings. The molecule has 0 spiro atoms. The van der Waals surface area contributed by atoms with Gasteiger partial charge in [-0.05, 0) is 12.8 Å². The lowest BCUT2D eigenvalue weighted by Crippen LogP contribution is -2.57. The third-order valence-electron chi connectivity index (χ3n) is 6.07. The number of halogens is 4. The van der Waals surface area contributed by atoms with Gasteiger partial charge < -0.3 is 19.3 Å². The Labute approximate surface area is 199 Å². The van der Waals surface area contributed by atoms with Gasteiger partial charge in [0.2, 0.25) is 11.9 Å². The lowest BCUT2D eigenvalue weighted by atomic mass is 10.1. The van der Waals surface area contributed by atoms with Crippen LogP contribution in [0.2, 0.25) is 0 Å². The molecule has 0 saturated carbocycles. The van der Waals surface area contributed by atoms with E-state index >= 15 is 0 Å². The first-order chi connectivity index (χ1) is 16.2. The molecule has 3 aliphatic heterocycles. The predicted octanol–water partition coefficient (Wildman–Crippen LogP) is 0.709. The summed E-state index contributed by atoms with van der Waals surface area (Å²) in [5.41, 5.74) is 4.28. The zero-order chi connectivity index (χ0) is 24.3. The number of hydrogen-bond acceptors (Lipinski definition) is 8. The van der Waals surface area contributed by atoms with Gasteiger partial charge in [-0.25, -0.2) is 15.4 Å². The van der Waals surface area contributed by atoms with Crippen molar-refractivity contribution in [1.29, 1.82) is 0 Å². The molecule has 1 aromatic heterocycles. The largest absolute Gasteiger partial charge is 0.419 e. The summed E-state index contributed by atoms with van der Waals surface area (Å²) >= 11 is 6.05. The van der Waals surface area contributed by atoms with Crippen molar-refractivity contribution in [2.24, 2.45) is 0 Å². The minimum absolute atomic E-state index is 0.0338. The number of hydrazine groups is 1. The van der Waals surface area contributed by atoms with Gasteiger partial charge in [-0.15, -0.1) is 11.6 Å². The van der Waals surface area contributed by atoms with E-state index in [2.05, 4.69) is 20.8 Å². The molecule has 3 saturated heterocycles. The number of ether oxygens (including phenoxy) is 2. The van der Waals surface area contributed by atoms with Crippen LogP contribution in [0.5, 0.6) is 0 Å². The van der Waals surface area contributed by atoms with E-state index in [1.54, 1.807) is 9.80 Å². The molecule has 4 heterocycles. The zero-order valence-corrected chi connectivity index (χ0v) is 19.0. The summed E-state index contributed by atoms with van der Waals surface area (Å²) in [5.74, 6) is -0.154. The van der Waals surface area contributed by atoms with Gasteiger partial charge in [0, 0.05) is 45.1 Å². The summed E-state index contributed by atoms with van der Waals surface area (Å²) in [6, 6.07) is 0. The van der Waals surface area contributed by atoms with E-state index < -0.39 is 23.2 Å². The fourth-order valence-corrected chi connectivity index (χ4v) is 4.33. The van der Waals surface area contributed by atoms with Crippen LogP contribution in [0.15, 0.2) is 12.4 Å². The Bertz CT molecular complexity index is 869. The molecule has 0 radical (unpaired) electrons. The number of nitrogens with one attached hydrogen (secondary N) is 2. The number of anilines is 1. The molecule has 2 unspecified atom stereocenters. The molecule has 2 amide bonds. The van der Waals surface area contributed by atoms with Crippen molar-refractivity contribution < 1.29 is 32.2 Å². The molecule has 2 N–H and O–H groups in total. The number of alkyl halides is 4. The molecule has 3 fully saturated rings. The highest BCUT2D eigenvalue weighted by molar-refractivity contribution is 6.31. The average Bonchev–Trinajstić information content (AvgIpc) is 3.27. The molecule has 10 nitrogen and oxygen atoms in total. The highest BCUT2D eigenvalue weighted by Crippen LogP contribution is 2.28. The van der Waals surface area contributed by atoms with E-state index in [1.165, 1.54) is 0 Å². The van der Waals surface area contributed by atoms with Crippen LogP contribution in [0.1, 0.15) is 24.8 Å². The first kappa shape index (κ1) is 24.9. The highest BCUT2D eigenvalue weighted by atomic mass is 35.5. The number of carbonyl (C=O) groups excluding carboxylic acids is 2. The number of piperazine rings is 1. The number of rotatable bonds is 6. The highest BCUT2D eigenvalue weighted by Gasteiger charge is 2.35. The predicted molar refractivity (Wildman–Crippen MR) is 114 cm³/mol. The zero-order valence-electron chi connectivity index (χ0n) is 18.3. The van der Waals surface area contributed by atoms with Gasteiger partial charge in [0.15, 0.2) is 0 Å². The van der Waals surface area contributed by atoms with Gasteiger partial charge in [-0.1, -0.05) is 0 Å². The maximum Gasteiger partial charge on any atom is 0.419 e. The van der Waals surface area contributed by atoms with Crippen molar-refractivity contribution in [3.8, 4) is 0 Å². The molecular formula is C20H26ClF3N6O4. The van der Waals surface area contributed by atoms with Crippen molar-refractivity contribution >= 4 is 29.4 Å². The Kier molecular flexibility index (Phi) is 7.75. The second kappa shape index (κ2) is 10.6. The lowest BCUT2D eigenvalue weighted by molar-refractivity contribution is -0.138. The van der Waals surface area contributed by atoms with Crippen LogP contribution in [0.4, 0.5) is 19.1 Å². The molecular weight excluding hydrogens is 481 g/mol. The monoisotopic (exact) mass is 506 g/mol. The number of hydrogen-bond donors (Lipinski definition) is 2. The Morgan fingerprint density at radius 1 is 1.18 bits per heavy atom. The van der Waals surface area contributed by atoms with Gasteiger partial charge >= 0.3 is 6.18 Å². The standard InChI is InChI=1S/C20H26ClF3N6O4/c21-17-15(10-27-28-18(17)32)33-11-14-2-1-13(34-14)7-16(31)29-3-5-30(6-4-29)19-25-8-12(9-26-19)20(22,23)24/h8-9,13-15,17,27H,1-7,10-11H2,(H,28,32)/t13-,14+,15?,17?/m0/s1. The molecule has 0 aliphatic carbocycles. The second-order valence-electron chi connectivity index (χ2n) is 8.44. The first-order valence-electron chi connectivity index (χ1n) is 11.1. The number of carbonyl (C=O) groups is 2. The minimum atomic E-state index is -4.48.